The molecule has 5 rings (SSSR count). The van der Waals surface area contributed by atoms with Gasteiger partial charge < -0.3 is 28.8 Å². The Morgan fingerprint density at radius 2 is 1.27 bits per heavy atom. The van der Waals surface area contributed by atoms with Crippen molar-refractivity contribution in [2.75, 3.05) is 20.8 Å². The van der Waals surface area contributed by atoms with Crippen LogP contribution in [0.15, 0.2) is 96.0 Å². The van der Waals surface area contributed by atoms with Crippen molar-refractivity contribution in [2.24, 2.45) is 4.99 Å². The number of rotatable bonds is 7. The molecule has 2 heterocycles. The van der Waals surface area contributed by atoms with Crippen molar-refractivity contribution in [1.82, 2.24) is 0 Å². The van der Waals surface area contributed by atoms with Gasteiger partial charge in [0.25, 0.3) is 0 Å². The van der Waals surface area contributed by atoms with Gasteiger partial charge in [0.05, 0.1) is 0 Å². The van der Waals surface area contributed by atoms with E-state index in [-0.39, 0.29) is 6.04 Å². The van der Waals surface area contributed by atoms with Crippen LogP contribution in [0, 0.1) is 0 Å². The van der Waals surface area contributed by atoms with E-state index in [1.54, 1.807) is 13.8 Å². The van der Waals surface area contributed by atoms with Crippen molar-refractivity contribution < 1.29 is 28.8 Å². The monoisotopic (exact) mass is 503 g/mol. The first-order chi connectivity index (χ1) is 17.8. The summed E-state index contributed by atoms with van der Waals surface area (Å²) < 4.78 is 31.0. The van der Waals surface area contributed by atoms with Crippen molar-refractivity contribution in [3.05, 3.63) is 108 Å². The lowest BCUT2D eigenvalue weighted by molar-refractivity contribution is -0.452. The second-order valence-electron chi connectivity index (χ2n) is 9.58. The van der Waals surface area contributed by atoms with Gasteiger partial charge in [0.15, 0.2) is 6.10 Å². The van der Waals surface area contributed by atoms with Gasteiger partial charge in [-0.1, -0.05) is 91.0 Å². The lowest BCUT2D eigenvalue weighted by atomic mass is 9.78. The molecule has 1 fully saturated rings. The van der Waals surface area contributed by atoms with Crippen molar-refractivity contribution in [1.29, 1.82) is 0 Å². The molecule has 0 radical (unpaired) electrons. The number of hydrogen-bond donors (Lipinski definition) is 1. The van der Waals surface area contributed by atoms with Crippen LogP contribution in [0.1, 0.15) is 36.6 Å². The summed E-state index contributed by atoms with van der Waals surface area (Å²) in [5, 5.41) is 12.7. The summed E-state index contributed by atoms with van der Waals surface area (Å²) in [6.45, 7) is 3.83. The third kappa shape index (κ3) is 4.37. The molecule has 0 spiro atoms. The van der Waals surface area contributed by atoms with Crippen LogP contribution >= 0.6 is 0 Å². The number of aliphatic hydroxyl groups is 1. The number of ether oxygens (including phenoxy) is 5. The van der Waals surface area contributed by atoms with Gasteiger partial charge in [-0.2, -0.15) is 0 Å². The lowest BCUT2D eigenvalue weighted by Gasteiger charge is -2.54. The first-order valence-corrected chi connectivity index (χ1v) is 12.4. The Morgan fingerprint density at radius 3 is 1.78 bits per heavy atom. The third-order valence-electron chi connectivity index (χ3n) is 7.52. The molecule has 0 unspecified atom stereocenters. The van der Waals surface area contributed by atoms with Gasteiger partial charge in [-0.05, 0) is 30.5 Å². The molecule has 0 saturated carbocycles. The predicted octanol–water partition coefficient (Wildman–Crippen LogP) is 4.60. The Hall–Kier alpha value is -3.07. The van der Waals surface area contributed by atoms with Crippen molar-refractivity contribution in [2.45, 2.75) is 49.3 Å². The van der Waals surface area contributed by atoms with E-state index in [4.69, 9.17) is 28.7 Å². The van der Waals surface area contributed by atoms with Crippen LogP contribution in [-0.2, 0) is 29.3 Å². The molecule has 2 aliphatic heterocycles. The minimum atomic E-state index is -1.64. The molecule has 2 aliphatic rings. The Bertz CT molecular complexity index is 1180. The van der Waals surface area contributed by atoms with Crippen LogP contribution < -0.4 is 0 Å². The normalized spacial score (nSPS) is 30.0. The lowest BCUT2D eigenvalue weighted by Crippen LogP contribution is -2.70. The smallest absolute Gasteiger partial charge is 0.221 e. The van der Waals surface area contributed by atoms with Gasteiger partial charge in [-0.15, -0.1) is 0 Å². The molecular formula is C30H33NO6. The molecule has 194 valence electrons. The highest BCUT2D eigenvalue weighted by Crippen LogP contribution is 2.47. The Kier molecular flexibility index (Phi) is 6.91. The SMILES string of the molecule is CO[C@]1(C)O[C@@H](C(O)(c2ccccc2)c2ccccc2)[C@H](C2=N[C@@H](c3ccccc3)CO2)O[C@@]1(C)OC. The molecule has 0 amide bonds. The van der Waals surface area contributed by atoms with E-state index < -0.39 is 29.4 Å². The fourth-order valence-electron chi connectivity index (χ4n) is 5.05. The molecule has 3 aromatic carbocycles. The summed E-state index contributed by atoms with van der Waals surface area (Å²) in [5.74, 6) is -2.35. The molecule has 37 heavy (non-hydrogen) atoms. The van der Waals surface area contributed by atoms with Gasteiger partial charge >= 0.3 is 0 Å². The molecule has 0 aromatic heterocycles. The number of nitrogens with zero attached hydrogens (tertiary/aromatic N) is 1. The molecule has 0 bridgehead atoms. The number of aliphatic imine (C=N–C) groups is 1. The van der Waals surface area contributed by atoms with E-state index in [2.05, 4.69) is 0 Å². The van der Waals surface area contributed by atoms with Gasteiger partial charge in [0.1, 0.15) is 24.4 Å². The molecule has 0 aliphatic carbocycles. The van der Waals surface area contributed by atoms with Crippen LogP contribution in [0.25, 0.3) is 0 Å². The molecule has 5 atom stereocenters. The Balaban J connectivity index is 1.66. The summed E-state index contributed by atoms with van der Waals surface area (Å²) in [6.07, 6.45) is -1.91. The predicted molar refractivity (Wildman–Crippen MR) is 139 cm³/mol. The number of benzene rings is 3. The van der Waals surface area contributed by atoms with E-state index in [9.17, 15) is 5.11 Å². The minimum Gasteiger partial charge on any atom is -0.476 e. The van der Waals surface area contributed by atoms with Gasteiger partial charge in [0.2, 0.25) is 17.5 Å². The Morgan fingerprint density at radius 1 is 0.784 bits per heavy atom. The zero-order chi connectivity index (χ0) is 26.1. The largest absolute Gasteiger partial charge is 0.476 e. The van der Waals surface area contributed by atoms with Crippen molar-refractivity contribution >= 4 is 5.90 Å². The number of hydrogen-bond acceptors (Lipinski definition) is 7. The molecule has 7 heteroatoms. The highest BCUT2D eigenvalue weighted by atomic mass is 16.8. The summed E-state index contributed by atoms with van der Waals surface area (Å²) in [5.41, 5.74) is 0.664. The highest BCUT2D eigenvalue weighted by Gasteiger charge is 2.63. The van der Waals surface area contributed by atoms with Gasteiger partial charge in [-0.25, -0.2) is 4.99 Å². The Labute approximate surface area is 217 Å². The first-order valence-electron chi connectivity index (χ1n) is 12.4. The average molecular weight is 504 g/mol. The van der Waals surface area contributed by atoms with Crippen molar-refractivity contribution in [3.63, 3.8) is 0 Å². The fourth-order valence-corrected chi connectivity index (χ4v) is 5.05. The van der Waals surface area contributed by atoms with Crippen LogP contribution in [0.3, 0.4) is 0 Å². The second kappa shape index (κ2) is 10.0. The maximum absolute atomic E-state index is 12.7. The van der Waals surface area contributed by atoms with E-state index in [0.29, 0.717) is 23.6 Å². The molecule has 7 nitrogen and oxygen atoms in total. The zero-order valence-corrected chi connectivity index (χ0v) is 21.5. The fraction of sp³-hybridized carbons (Fsp3) is 0.367. The van der Waals surface area contributed by atoms with Crippen LogP contribution in [0.4, 0.5) is 0 Å². The molecule has 1 N–H and O–H groups in total. The summed E-state index contributed by atoms with van der Waals surface area (Å²) in [6, 6.07) is 28.5. The van der Waals surface area contributed by atoms with Crippen LogP contribution in [0.5, 0.6) is 0 Å². The van der Waals surface area contributed by atoms with Crippen molar-refractivity contribution in [3.8, 4) is 0 Å². The molecule has 3 aromatic rings. The van der Waals surface area contributed by atoms with E-state index in [1.807, 2.05) is 91.0 Å². The average Bonchev–Trinajstić information content (AvgIpc) is 3.45. The maximum Gasteiger partial charge on any atom is 0.221 e. The second-order valence-corrected chi connectivity index (χ2v) is 9.58. The van der Waals surface area contributed by atoms with Gasteiger partial charge in [0, 0.05) is 14.2 Å². The zero-order valence-electron chi connectivity index (χ0n) is 21.5. The van der Waals surface area contributed by atoms with E-state index in [0.717, 1.165) is 5.56 Å². The quantitative estimate of drug-likeness (QED) is 0.508. The summed E-state index contributed by atoms with van der Waals surface area (Å²) in [7, 11) is 3.06. The first kappa shape index (κ1) is 25.6. The molecular weight excluding hydrogens is 470 g/mol. The number of methoxy groups -OCH3 is 2. The summed E-state index contributed by atoms with van der Waals surface area (Å²) in [4.78, 5) is 4.89. The third-order valence-corrected chi connectivity index (χ3v) is 7.52. The minimum absolute atomic E-state index is 0.202. The topological polar surface area (TPSA) is 78.7 Å². The molecule has 1 saturated heterocycles. The van der Waals surface area contributed by atoms with E-state index in [1.165, 1.54) is 14.2 Å². The maximum atomic E-state index is 12.7. The highest BCUT2D eigenvalue weighted by molar-refractivity contribution is 5.84. The van der Waals surface area contributed by atoms with Gasteiger partial charge in [-0.3, -0.25) is 0 Å². The van der Waals surface area contributed by atoms with Crippen LogP contribution in [0.2, 0.25) is 0 Å². The summed E-state index contributed by atoms with van der Waals surface area (Å²) >= 11 is 0. The van der Waals surface area contributed by atoms with E-state index >= 15 is 0 Å². The standard InChI is InChI=1S/C30H33NO6/c1-28(33-3)29(2,34-4)37-26(25(36-28)27-31-24(20-35-27)21-14-8-5-9-15-21)30(32,22-16-10-6-11-17-22)23-18-12-7-13-19-23/h5-19,24-26,32H,20H2,1-4H3/t24-,25-,26-,28-,29-/m1/s1. The van der Waals surface area contributed by atoms with Crippen LogP contribution in [-0.4, -0.2) is 55.6 Å².